The molecule has 0 saturated carbocycles. The summed E-state index contributed by atoms with van der Waals surface area (Å²) in [7, 11) is 1.17. The quantitative estimate of drug-likeness (QED) is 0.444. The first-order chi connectivity index (χ1) is 2.27. The minimum absolute atomic E-state index is 0.315. The van der Waals surface area contributed by atoms with Crippen LogP contribution in [0.25, 0.3) is 0 Å². The summed E-state index contributed by atoms with van der Waals surface area (Å²) in [5.74, 6) is 0.315. The van der Waals surface area contributed by atoms with E-state index < -0.39 is 0 Å². The summed E-state index contributed by atoms with van der Waals surface area (Å²) in [6.07, 6.45) is 0. The van der Waals surface area contributed by atoms with Gasteiger partial charge in [0.05, 0.1) is 0 Å². The zero-order valence-corrected chi connectivity index (χ0v) is 3.60. The summed E-state index contributed by atoms with van der Waals surface area (Å²) in [5.41, 5.74) is 0. The van der Waals surface area contributed by atoms with Crippen LogP contribution < -0.4 is 0 Å². The van der Waals surface area contributed by atoms with Crippen LogP contribution in [0.1, 0.15) is 13.8 Å². The van der Waals surface area contributed by atoms with Crippen molar-refractivity contribution < 1.29 is 5.02 Å². The van der Waals surface area contributed by atoms with Gasteiger partial charge >= 0.3 is 0 Å². The molecule has 29 valence electrons. The second kappa shape index (κ2) is 2.27. The Kier molecular flexibility index (Phi) is 2.28. The average molecular weight is 70.9 g/mol. The number of hydrogen-bond donors (Lipinski definition) is 1. The monoisotopic (exact) mass is 71.1 g/mol. The van der Waals surface area contributed by atoms with Crippen LogP contribution >= 0.6 is 0 Å². The van der Waals surface area contributed by atoms with E-state index in [1.54, 1.807) is 0 Å². The lowest BCUT2D eigenvalue weighted by Crippen LogP contribution is -1.89. The Morgan fingerprint density at radius 2 is 1.80 bits per heavy atom. The molecule has 0 fully saturated rings. The topological polar surface area (TPSA) is 20.2 Å². The average Bonchev–Trinajstić information content (AvgIpc) is 1.38. The highest BCUT2D eigenvalue weighted by Gasteiger charge is 1.87. The third kappa shape index (κ3) is 4.02. The Morgan fingerprint density at radius 1 is 1.60 bits per heavy atom. The lowest BCUT2D eigenvalue weighted by Gasteiger charge is -1.86. The van der Waals surface area contributed by atoms with E-state index in [0.717, 1.165) is 0 Å². The summed E-state index contributed by atoms with van der Waals surface area (Å²) >= 11 is 0. The fourth-order valence-electron chi connectivity index (χ4n) is 0. The summed E-state index contributed by atoms with van der Waals surface area (Å²) in [5, 5.41) is 8.02. The second-order valence-electron chi connectivity index (χ2n) is 1.39. The van der Waals surface area contributed by atoms with Gasteiger partial charge in [-0.3, -0.25) is 0 Å². The van der Waals surface area contributed by atoms with Gasteiger partial charge in [0.25, 0.3) is 7.48 Å². The van der Waals surface area contributed by atoms with Crippen LogP contribution in [0.3, 0.4) is 0 Å². The Labute approximate surface area is 33.3 Å². The molecule has 0 amide bonds. The van der Waals surface area contributed by atoms with Crippen molar-refractivity contribution >= 4 is 7.48 Å². The molecule has 1 nitrogen and oxygen atoms in total. The molecule has 0 rings (SSSR count). The van der Waals surface area contributed by atoms with Crippen molar-refractivity contribution in [2.45, 2.75) is 19.7 Å². The Balaban J connectivity index is 2.54. The van der Waals surface area contributed by atoms with Gasteiger partial charge in [0, 0.05) is 0 Å². The molecule has 0 bridgehead atoms. The first-order valence-electron chi connectivity index (χ1n) is 1.75. The van der Waals surface area contributed by atoms with Gasteiger partial charge < -0.3 is 5.02 Å². The van der Waals surface area contributed by atoms with Crippen LogP contribution in [-0.4, -0.2) is 12.5 Å². The molecule has 0 spiro atoms. The minimum Gasteiger partial charge on any atom is -0.454 e. The zero-order valence-electron chi connectivity index (χ0n) is 3.60. The van der Waals surface area contributed by atoms with Crippen molar-refractivity contribution in [2.75, 3.05) is 0 Å². The van der Waals surface area contributed by atoms with Gasteiger partial charge in [-0.1, -0.05) is 13.8 Å². The molecule has 0 saturated heterocycles. The van der Waals surface area contributed by atoms with Gasteiger partial charge in [0.1, 0.15) is 0 Å². The lowest BCUT2D eigenvalue weighted by molar-refractivity contribution is 0.587. The first-order valence-corrected chi connectivity index (χ1v) is 1.75. The SMILES string of the molecule is CC(C)[B]O. The number of hydrogen-bond acceptors (Lipinski definition) is 1. The summed E-state index contributed by atoms with van der Waals surface area (Å²) in [4.78, 5) is 0. The van der Waals surface area contributed by atoms with Gasteiger partial charge in [-0.2, -0.15) is 0 Å². The maximum absolute atomic E-state index is 8.02. The standard InChI is InChI=1S/C3H8BO/c1-3(2)4-5/h3,5H,1-2H3. The molecule has 1 radical (unpaired) electrons. The highest BCUT2D eigenvalue weighted by molar-refractivity contribution is 6.27. The van der Waals surface area contributed by atoms with E-state index in [0.29, 0.717) is 5.82 Å². The highest BCUT2D eigenvalue weighted by Crippen LogP contribution is 1.90. The van der Waals surface area contributed by atoms with E-state index in [1.165, 1.54) is 7.48 Å². The van der Waals surface area contributed by atoms with E-state index >= 15 is 0 Å². The van der Waals surface area contributed by atoms with E-state index in [9.17, 15) is 0 Å². The first kappa shape index (κ1) is 5.02. The molecule has 5 heavy (non-hydrogen) atoms. The predicted octanol–water partition coefficient (Wildman–Crippen LogP) is 0.426. The van der Waals surface area contributed by atoms with E-state index in [-0.39, 0.29) is 0 Å². The van der Waals surface area contributed by atoms with Gasteiger partial charge in [-0.25, -0.2) is 0 Å². The Hall–Kier alpha value is 0.0249. The largest absolute Gasteiger partial charge is 0.454 e. The molecule has 1 N–H and O–H groups in total. The molecule has 2 heteroatoms. The minimum atomic E-state index is 0.315. The lowest BCUT2D eigenvalue weighted by atomic mass is 9.85. The Bertz CT molecular complexity index is 20.9. The van der Waals surface area contributed by atoms with Crippen molar-refractivity contribution in [3.63, 3.8) is 0 Å². The maximum atomic E-state index is 8.02. The van der Waals surface area contributed by atoms with Crippen LogP contribution in [0.2, 0.25) is 5.82 Å². The van der Waals surface area contributed by atoms with Crippen LogP contribution in [0, 0.1) is 0 Å². The normalized spacial score (nSPS) is 8.80. The molecule has 0 aliphatic heterocycles. The third-order valence-corrected chi connectivity index (χ3v) is 0.298. The summed E-state index contributed by atoms with van der Waals surface area (Å²) < 4.78 is 0. The van der Waals surface area contributed by atoms with Crippen molar-refractivity contribution in [3.05, 3.63) is 0 Å². The highest BCUT2D eigenvalue weighted by atomic mass is 16.2. The number of rotatable bonds is 1. The van der Waals surface area contributed by atoms with Crippen molar-refractivity contribution in [3.8, 4) is 0 Å². The van der Waals surface area contributed by atoms with E-state index in [4.69, 9.17) is 5.02 Å². The third-order valence-electron chi connectivity index (χ3n) is 0.298. The van der Waals surface area contributed by atoms with Crippen LogP contribution in [0.15, 0.2) is 0 Å². The zero-order chi connectivity index (χ0) is 4.28. The van der Waals surface area contributed by atoms with Crippen molar-refractivity contribution in [1.82, 2.24) is 0 Å². The molecule has 0 heterocycles. The molecule has 0 aromatic heterocycles. The van der Waals surface area contributed by atoms with Crippen LogP contribution in [-0.2, 0) is 0 Å². The fourth-order valence-corrected chi connectivity index (χ4v) is 0. The molecule has 0 aliphatic rings. The van der Waals surface area contributed by atoms with Crippen molar-refractivity contribution in [2.24, 2.45) is 0 Å². The molecule has 0 atom stereocenters. The molecule has 0 aromatic rings. The smallest absolute Gasteiger partial charge is 0.290 e. The van der Waals surface area contributed by atoms with E-state index in [2.05, 4.69) is 0 Å². The molecule has 0 aromatic carbocycles. The van der Waals surface area contributed by atoms with Crippen molar-refractivity contribution in [1.29, 1.82) is 0 Å². The van der Waals surface area contributed by atoms with Gasteiger partial charge in [0.15, 0.2) is 0 Å². The maximum Gasteiger partial charge on any atom is 0.290 e. The summed E-state index contributed by atoms with van der Waals surface area (Å²) in [6, 6.07) is 0. The van der Waals surface area contributed by atoms with Crippen LogP contribution in [0.4, 0.5) is 0 Å². The molecule has 0 unspecified atom stereocenters. The van der Waals surface area contributed by atoms with E-state index in [1.807, 2.05) is 13.8 Å². The summed E-state index contributed by atoms with van der Waals surface area (Å²) in [6.45, 7) is 3.83. The molecular formula is C3H8BO. The van der Waals surface area contributed by atoms with Gasteiger partial charge in [-0.05, 0) is 5.82 Å². The van der Waals surface area contributed by atoms with Crippen LogP contribution in [0.5, 0.6) is 0 Å². The predicted molar refractivity (Wildman–Crippen MR) is 23.1 cm³/mol. The Morgan fingerprint density at radius 3 is 1.80 bits per heavy atom. The fraction of sp³-hybridized carbons (Fsp3) is 1.00. The molecular weight excluding hydrogens is 62.8 g/mol. The molecule has 0 aliphatic carbocycles. The van der Waals surface area contributed by atoms with Gasteiger partial charge in [-0.15, -0.1) is 0 Å². The van der Waals surface area contributed by atoms with Gasteiger partial charge in [0.2, 0.25) is 0 Å². The second-order valence-corrected chi connectivity index (χ2v) is 1.39.